The van der Waals surface area contributed by atoms with Crippen LogP contribution in [-0.4, -0.2) is 12.2 Å². The molecule has 0 aliphatic carbocycles. The van der Waals surface area contributed by atoms with Crippen LogP contribution in [0.25, 0.3) is 5.70 Å². The first-order valence-corrected chi connectivity index (χ1v) is 10.1. The number of phenolic OH excluding ortho intramolecular Hbond substituents is 1. The van der Waals surface area contributed by atoms with Crippen LogP contribution in [0.5, 0.6) is 11.5 Å². The predicted molar refractivity (Wildman–Crippen MR) is 116 cm³/mol. The number of hydrogen-bond donors (Lipinski definition) is 3. The summed E-state index contributed by atoms with van der Waals surface area (Å²) in [5.41, 5.74) is 2.67. The summed E-state index contributed by atoms with van der Waals surface area (Å²) < 4.78 is 19.9. The number of methoxy groups -OCH3 is 1. The number of quaternary nitrogens is 1. The molecule has 1 aliphatic heterocycles. The van der Waals surface area contributed by atoms with Gasteiger partial charge in [-0.25, -0.2) is 4.39 Å². The molecule has 0 amide bonds. The maximum atomic E-state index is 14.7. The molecule has 0 bridgehead atoms. The normalized spacial score (nSPS) is 18.5. The molecule has 1 aliphatic rings. The van der Waals surface area contributed by atoms with E-state index in [0.29, 0.717) is 21.2 Å². The van der Waals surface area contributed by atoms with E-state index in [2.05, 4.69) is 5.32 Å². The van der Waals surface area contributed by atoms with E-state index in [1.54, 1.807) is 37.4 Å². The molecule has 0 aromatic heterocycles. The Morgan fingerprint density at radius 3 is 2.53 bits per heavy atom. The Hall–Kier alpha value is -2.73. The molecular formula is C23H20Cl2FN2O2+. The van der Waals surface area contributed by atoms with E-state index in [-0.39, 0.29) is 11.8 Å². The Morgan fingerprint density at radius 1 is 1.07 bits per heavy atom. The van der Waals surface area contributed by atoms with E-state index >= 15 is 0 Å². The van der Waals surface area contributed by atoms with Gasteiger partial charge in [0.15, 0.2) is 6.17 Å². The lowest BCUT2D eigenvalue weighted by Gasteiger charge is -2.30. The van der Waals surface area contributed by atoms with Crippen molar-refractivity contribution in [3.05, 3.63) is 99.3 Å². The molecule has 154 valence electrons. The van der Waals surface area contributed by atoms with Crippen molar-refractivity contribution in [1.29, 1.82) is 0 Å². The number of phenols is 1. The van der Waals surface area contributed by atoms with E-state index in [1.165, 1.54) is 6.07 Å². The minimum atomic E-state index is -0.510. The van der Waals surface area contributed by atoms with Crippen molar-refractivity contribution in [1.82, 2.24) is 5.32 Å². The van der Waals surface area contributed by atoms with E-state index in [1.807, 2.05) is 35.7 Å². The van der Waals surface area contributed by atoms with Crippen molar-refractivity contribution in [3.8, 4) is 11.5 Å². The molecule has 3 aromatic rings. The standard InChI is InChI=1S/C23H19Cl2FN2O2/c1-30-15-8-5-13(6-9-15)19-12-20(16-11-14(24)7-10-21(16)29)28-23(27-19)22-17(25)3-2-4-18(22)26/h2-12,20,23,27-29H,1H3/p+1. The van der Waals surface area contributed by atoms with E-state index in [9.17, 15) is 9.50 Å². The zero-order chi connectivity index (χ0) is 21.3. The second-order valence-electron chi connectivity index (χ2n) is 6.99. The first kappa shape index (κ1) is 20.5. The Morgan fingerprint density at radius 2 is 1.83 bits per heavy atom. The van der Waals surface area contributed by atoms with Gasteiger partial charge in [-0.1, -0.05) is 29.3 Å². The second kappa shape index (κ2) is 8.56. The van der Waals surface area contributed by atoms with Gasteiger partial charge in [-0.2, -0.15) is 0 Å². The lowest BCUT2D eigenvalue weighted by atomic mass is 9.97. The monoisotopic (exact) mass is 445 g/mol. The van der Waals surface area contributed by atoms with Crippen LogP contribution >= 0.6 is 23.2 Å². The molecule has 2 atom stereocenters. The SMILES string of the molecule is COc1ccc(C2=CC(c3cc(Cl)ccc3O)[NH2+]C(c3c(F)cccc3Cl)N2)cc1. The highest BCUT2D eigenvalue weighted by Crippen LogP contribution is 2.33. The average Bonchev–Trinajstić information content (AvgIpc) is 2.75. The van der Waals surface area contributed by atoms with Gasteiger partial charge >= 0.3 is 0 Å². The molecule has 4 nitrogen and oxygen atoms in total. The van der Waals surface area contributed by atoms with Crippen molar-refractivity contribution in [2.24, 2.45) is 0 Å². The number of aromatic hydroxyl groups is 1. The van der Waals surface area contributed by atoms with Crippen molar-refractivity contribution in [2.75, 3.05) is 7.11 Å². The summed E-state index contributed by atoms with van der Waals surface area (Å²) in [6.07, 6.45) is 1.46. The van der Waals surface area contributed by atoms with E-state index in [0.717, 1.165) is 17.0 Å². The van der Waals surface area contributed by atoms with E-state index in [4.69, 9.17) is 27.9 Å². The van der Waals surface area contributed by atoms with Crippen molar-refractivity contribution in [3.63, 3.8) is 0 Å². The summed E-state index contributed by atoms with van der Waals surface area (Å²) in [6.45, 7) is 0. The van der Waals surface area contributed by atoms with Gasteiger partial charge in [0.05, 0.1) is 23.3 Å². The number of nitrogens with one attached hydrogen (secondary N) is 1. The van der Waals surface area contributed by atoms with Crippen LogP contribution in [0.2, 0.25) is 10.0 Å². The zero-order valence-corrected chi connectivity index (χ0v) is 17.6. The van der Waals surface area contributed by atoms with Crippen molar-refractivity contribution >= 4 is 28.9 Å². The van der Waals surface area contributed by atoms with Crippen LogP contribution in [-0.2, 0) is 0 Å². The quantitative estimate of drug-likeness (QED) is 0.540. The first-order valence-electron chi connectivity index (χ1n) is 9.36. The number of rotatable bonds is 4. The highest BCUT2D eigenvalue weighted by molar-refractivity contribution is 6.31. The summed E-state index contributed by atoms with van der Waals surface area (Å²) in [5, 5.41) is 16.5. The summed E-state index contributed by atoms with van der Waals surface area (Å²) in [7, 11) is 1.61. The highest BCUT2D eigenvalue weighted by Gasteiger charge is 2.32. The highest BCUT2D eigenvalue weighted by atomic mass is 35.5. The molecule has 0 radical (unpaired) electrons. The minimum absolute atomic E-state index is 0.117. The summed E-state index contributed by atoms with van der Waals surface area (Å²) >= 11 is 12.5. The third-order valence-corrected chi connectivity index (χ3v) is 5.68. The molecule has 0 saturated carbocycles. The topological polar surface area (TPSA) is 58.1 Å². The summed E-state index contributed by atoms with van der Waals surface area (Å²) in [5.74, 6) is 0.451. The van der Waals surface area contributed by atoms with E-state index < -0.39 is 12.0 Å². The van der Waals surface area contributed by atoms with Gasteiger partial charge in [-0.15, -0.1) is 0 Å². The van der Waals surface area contributed by atoms with Gasteiger partial charge in [-0.05, 0) is 60.2 Å². The average molecular weight is 446 g/mol. The van der Waals surface area contributed by atoms with Crippen molar-refractivity contribution in [2.45, 2.75) is 12.2 Å². The Balaban J connectivity index is 1.80. The van der Waals surface area contributed by atoms with Gasteiger partial charge in [0.1, 0.15) is 23.4 Å². The van der Waals surface area contributed by atoms with Crippen LogP contribution in [0, 0.1) is 5.82 Å². The van der Waals surface area contributed by atoms with Gasteiger partial charge < -0.3 is 20.5 Å². The molecule has 2 unspecified atom stereocenters. The van der Waals surface area contributed by atoms with Crippen LogP contribution in [0.15, 0.2) is 66.7 Å². The lowest BCUT2D eigenvalue weighted by molar-refractivity contribution is -0.731. The van der Waals surface area contributed by atoms with Crippen LogP contribution in [0.4, 0.5) is 4.39 Å². The maximum Gasteiger partial charge on any atom is 0.190 e. The van der Waals surface area contributed by atoms with Gasteiger partial charge in [-0.3, -0.25) is 0 Å². The van der Waals surface area contributed by atoms with Crippen LogP contribution in [0.1, 0.15) is 28.9 Å². The van der Waals surface area contributed by atoms with Crippen molar-refractivity contribution < 1.29 is 19.6 Å². The molecule has 0 spiro atoms. The van der Waals surface area contributed by atoms with Gasteiger partial charge in [0.25, 0.3) is 0 Å². The molecule has 0 saturated heterocycles. The molecule has 3 aromatic carbocycles. The smallest absolute Gasteiger partial charge is 0.190 e. The largest absolute Gasteiger partial charge is 0.507 e. The maximum absolute atomic E-state index is 14.7. The summed E-state index contributed by atoms with van der Waals surface area (Å²) in [4.78, 5) is 0. The Kier molecular flexibility index (Phi) is 5.86. The number of benzene rings is 3. The lowest BCUT2D eigenvalue weighted by Crippen LogP contribution is -2.90. The third kappa shape index (κ3) is 4.10. The molecule has 4 N–H and O–H groups in total. The Bertz CT molecular complexity index is 1080. The van der Waals surface area contributed by atoms with Crippen LogP contribution < -0.4 is 15.4 Å². The molecule has 7 heteroatoms. The zero-order valence-electron chi connectivity index (χ0n) is 16.1. The fraction of sp³-hybridized carbons (Fsp3) is 0.130. The Labute approximate surface area is 183 Å². The van der Waals surface area contributed by atoms with Crippen LogP contribution in [0.3, 0.4) is 0 Å². The fourth-order valence-corrected chi connectivity index (χ4v) is 4.08. The summed E-state index contributed by atoms with van der Waals surface area (Å²) in [6, 6.07) is 16.7. The molecule has 1 heterocycles. The number of halogens is 3. The van der Waals surface area contributed by atoms with Gasteiger partial charge in [0.2, 0.25) is 0 Å². The molecule has 4 rings (SSSR count). The third-order valence-electron chi connectivity index (χ3n) is 5.12. The number of hydrogen-bond acceptors (Lipinski definition) is 3. The fourth-order valence-electron chi connectivity index (χ4n) is 3.62. The number of nitrogens with two attached hydrogens (primary N) is 1. The van der Waals surface area contributed by atoms with Gasteiger partial charge in [0, 0.05) is 16.8 Å². The number of ether oxygens (including phenoxy) is 1. The minimum Gasteiger partial charge on any atom is -0.507 e. The molecular weight excluding hydrogens is 426 g/mol. The molecule has 30 heavy (non-hydrogen) atoms. The molecule has 0 fully saturated rings. The second-order valence-corrected chi connectivity index (χ2v) is 7.83. The first-order chi connectivity index (χ1) is 14.5. The predicted octanol–water partition coefficient (Wildman–Crippen LogP) is 4.79.